The van der Waals surface area contributed by atoms with Crippen molar-refractivity contribution in [3.63, 3.8) is 0 Å². The monoisotopic (exact) mass is 470 g/mol. The first-order valence-corrected chi connectivity index (χ1v) is 12.6. The predicted molar refractivity (Wildman–Crippen MR) is 124 cm³/mol. The fourth-order valence-electron chi connectivity index (χ4n) is 3.66. The van der Waals surface area contributed by atoms with E-state index in [-0.39, 0.29) is 29.8 Å². The zero-order chi connectivity index (χ0) is 22.6. The number of nitrogens with one attached hydrogen (secondary N) is 1. The predicted octanol–water partition coefficient (Wildman–Crippen LogP) is 5.02. The summed E-state index contributed by atoms with van der Waals surface area (Å²) >= 11 is 1.57. The molecule has 1 aliphatic rings. The number of piperidine rings is 1. The van der Waals surface area contributed by atoms with Crippen molar-refractivity contribution in [1.82, 2.24) is 4.31 Å². The van der Waals surface area contributed by atoms with Crippen LogP contribution in [0, 0.1) is 11.7 Å². The van der Waals surface area contributed by atoms with Crippen LogP contribution in [0.1, 0.15) is 12.8 Å². The molecule has 0 unspecified atom stereocenters. The Kier molecular flexibility index (Phi) is 6.93. The Balaban J connectivity index is 1.40. The third-order valence-corrected chi connectivity index (χ3v) is 8.41. The standard InChI is InChI=1S/C24H23FN2O3S2/c25-20-10-4-7-13-23(20)32(29,30)27-16-14-18(15-17-27)24(28)26-21-11-5-6-12-22(21)31-19-8-2-1-3-9-19/h1-13,18H,14-17H2,(H,26,28). The average Bonchev–Trinajstić information content (AvgIpc) is 2.81. The summed E-state index contributed by atoms with van der Waals surface area (Å²) < 4.78 is 40.8. The molecular weight excluding hydrogens is 447 g/mol. The molecule has 1 N–H and O–H groups in total. The summed E-state index contributed by atoms with van der Waals surface area (Å²) in [6, 6.07) is 22.9. The van der Waals surface area contributed by atoms with Crippen molar-refractivity contribution < 1.29 is 17.6 Å². The van der Waals surface area contributed by atoms with E-state index in [0.29, 0.717) is 12.8 Å². The van der Waals surface area contributed by atoms with Crippen molar-refractivity contribution in [2.24, 2.45) is 5.92 Å². The number of sulfonamides is 1. The topological polar surface area (TPSA) is 66.5 Å². The van der Waals surface area contributed by atoms with Gasteiger partial charge >= 0.3 is 0 Å². The number of halogens is 1. The molecule has 0 atom stereocenters. The highest BCUT2D eigenvalue weighted by Gasteiger charge is 2.33. The molecule has 0 saturated carbocycles. The van der Waals surface area contributed by atoms with Crippen LogP contribution in [0.15, 0.2) is 93.5 Å². The Morgan fingerprint density at radius 1 is 0.906 bits per heavy atom. The first-order valence-electron chi connectivity index (χ1n) is 10.3. The zero-order valence-electron chi connectivity index (χ0n) is 17.3. The second kappa shape index (κ2) is 9.85. The van der Waals surface area contributed by atoms with Crippen molar-refractivity contribution in [2.45, 2.75) is 27.5 Å². The van der Waals surface area contributed by atoms with E-state index >= 15 is 0 Å². The molecule has 166 valence electrons. The summed E-state index contributed by atoms with van der Waals surface area (Å²) in [5, 5.41) is 3.01. The maximum Gasteiger partial charge on any atom is 0.245 e. The molecule has 0 spiro atoms. The number of benzene rings is 3. The minimum atomic E-state index is -3.92. The SMILES string of the molecule is O=C(Nc1ccccc1Sc1ccccc1)C1CCN(S(=O)(=O)c2ccccc2F)CC1. The molecule has 1 amide bonds. The van der Waals surface area contributed by atoms with Gasteiger partial charge in [-0.1, -0.05) is 54.2 Å². The Bertz CT molecular complexity index is 1190. The van der Waals surface area contributed by atoms with Gasteiger partial charge in [-0.05, 0) is 49.2 Å². The molecular formula is C24H23FN2O3S2. The molecule has 32 heavy (non-hydrogen) atoms. The first kappa shape index (κ1) is 22.5. The molecule has 0 aliphatic carbocycles. The summed E-state index contributed by atoms with van der Waals surface area (Å²) in [5.74, 6) is -1.20. The Morgan fingerprint density at radius 3 is 2.25 bits per heavy atom. The number of nitrogens with zero attached hydrogens (tertiary/aromatic N) is 1. The highest BCUT2D eigenvalue weighted by atomic mass is 32.2. The molecule has 1 aliphatic heterocycles. The summed E-state index contributed by atoms with van der Waals surface area (Å²) in [5.41, 5.74) is 0.729. The summed E-state index contributed by atoms with van der Waals surface area (Å²) in [6.45, 7) is 0.352. The first-order chi connectivity index (χ1) is 15.4. The van der Waals surface area contributed by atoms with Gasteiger partial charge in [0, 0.05) is 28.8 Å². The van der Waals surface area contributed by atoms with Crippen LogP contribution >= 0.6 is 11.8 Å². The van der Waals surface area contributed by atoms with Crippen molar-refractivity contribution >= 4 is 33.4 Å². The Morgan fingerprint density at radius 2 is 1.53 bits per heavy atom. The molecule has 0 radical (unpaired) electrons. The van der Waals surface area contributed by atoms with E-state index in [0.717, 1.165) is 21.5 Å². The highest BCUT2D eigenvalue weighted by molar-refractivity contribution is 7.99. The fourth-order valence-corrected chi connectivity index (χ4v) is 6.12. The van der Waals surface area contributed by atoms with E-state index in [1.165, 1.54) is 22.5 Å². The third kappa shape index (κ3) is 5.03. The van der Waals surface area contributed by atoms with Gasteiger partial charge in [0.1, 0.15) is 10.7 Å². The molecule has 1 fully saturated rings. The van der Waals surface area contributed by atoms with Gasteiger partial charge in [0.15, 0.2) is 0 Å². The van der Waals surface area contributed by atoms with E-state index in [4.69, 9.17) is 0 Å². The van der Waals surface area contributed by atoms with Gasteiger partial charge in [0.05, 0.1) is 5.69 Å². The quantitative estimate of drug-likeness (QED) is 0.550. The fraction of sp³-hybridized carbons (Fsp3) is 0.208. The molecule has 8 heteroatoms. The number of para-hydroxylation sites is 1. The van der Waals surface area contributed by atoms with Crippen LogP contribution in [0.25, 0.3) is 0 Å². The lowest BCUT2D eigenvalue weighted by atomic mass is 9.97. The lowest BCUT2D eigenvalue weighted by Gasteiger charge is -2.30. The van der Waals surface area contributed by atoms with Crippen LogP contribution in [-0.4, -0.2) is 31.7 Å². The number of hydrogen-bond acceptors (Lipinski definition) is 4. The molecule has 3 aromatic rings. The highest BCUT2D eigenvalue weighted by Crippen LogP contribution is 2.34. The normalized spacial score (nSPS) is 15.4. The van der Waals surface area contributed by atoms with Crippen LogP contribution in [0.3, 0.4) is 0 Å². The van der Waals surface area contributed by atoms with Crippen molar-refractivity contribution in [3.8, 4) is 0 Å². The van der Waals surface area contributed by atoms with E-state index < -0.39 is 15.8 Å². The molecule has 0 aromatic heterocycles. The number of carbonyl (C=O) groups is 1. The van der Waals surface area contributed by atoms with E-state index in [1.807, 2.05) is 54.6 Å². The van der Waals surface area contributed by atoms with Crippen LogP contribution in [0.5, 0.6) is 0 Å². The molecule has 5 nitrogen and oxygen atoms in total. The van der Waals surface area contributed by atoms with Gasteiger partial charge in [0.25, 0.3) is 0 Å². The molecule has 1 saturated heterocycles. The molecule has 0 bridgehead atoms. The van der Waals surface area contributed by atoms with Crippen LogP contribution in [0.2, 0.25) is 0 Å². The Hall–Kier alpha value is -2.68. The zero-order valence-corrected chi connectivity index (χ0v) is 18.9. The summed E-state index contributed by atoms with van der Waals surface area (Å²) in [7, 11) is -3.92. The van der Waals surface area contributed by atoms with Gasteiger partial charge in [-0.3, -0.25) is 4.79 Å². The maximum absolute atomic E-state index is 14.0. The largest absolute Gasteiger partial charge is 0.325 e. The lowest BCUT2D eigenvalue weighted by molar-refractivity contribution is -0.120. The minimum Gasteiger partial charge on any atom is -0.325 e. The minimum absolute atomic E-state index is 0.131. The summed E-state index contributed by atoms with van der Waals surface area (Å²) in [6.07, 6.45) is 0.765. The van der Waals surface area contributed by atoms with Crippen molar-refractivity contribution in [1.29, 1.82) is 0 Å². The van der Waals surface area contributed by atoms with Crippen LogP contribution < -0.4 is 5.32 Å². The number of amides is 1. The number of hydrogen-bond donors (Lipinski definition) is 1. The van der Waals surface area contributed by atoms with Crippen LogP contribution in [0.4, 0.5) is 10.1 Å². The Labute approximate surface area is 191 Å². The van der Waals surface area contributed by atoms with Gasteiger partial charge in [0.2, 0.25) is 15.9 Å². The van der Waals surface area contributed by atoms with E-state index in [1.54, 1.807) is 11.8 Å². The second-order valence-electron chi connectivity index (χ2n) is 7.51. The smallest absolute Gasteiger partial charge is 0.245 e. The van der Waals surface area contributed by atoms with Gasteiger partial charge < -0.3 is 5.32 Å². The average molecular weight is 471 g/mol. The van der Waals surface area contributed by atoms with Crippen LogP contribution in [-0.2, 0) is 14.8 Å². The van der Waals surface area contributed by atoms with Crippen molar-refractivity contribution in [3.05, 3.63) is 84.7 Å². The maximum atomic E-state index is 14.0. The van der Waals surface area contributed by atoms with E-state index in [2.05, 4.69) is 5.32 Å². The molecule has 3 aromatic carbocycles. The number of anilines is 1. The molecule has 1 heterocycles. The molecule has 4 rings (SSSR count). The number of rotatable bonds is 6. The van der Waals surface area contributed by atoms with Gasteiger partial charge in [-0.15, -0.1) is 0 Å². The third-order valence-electron chi connectivity index (χ3n) is 5.40. The van der Waals surface area contributed by atoms with Gasteiger partial charge in [-0.25, -0.2) is 12.8 Å². The summed E-state index contributed by atoms with van der Waals surface area (Å²) in [4.78, 5) is 14.6. The number of carbonyl (C=O) groups excluding carboxylic acids is 1. The van der Waals surface area contributed by atoms with E-state index in [9.17, 15) is 17.6 Å². The van der Waals surface area contributed by atoms with Crippen molar-refractivity contribution in [2.75, 3.05) is 18.4 Å². The van der Waals surface area contributed by atoms with Gasteiger partial charge in [-0.2, -0.15) is 4.31 Å². The lowest BCUT2D eigenvalue weighted by Crippen LogP contribution is -2.41. The second-order valence-corrected chi connectivity index (χ2v) is 10.5.